The second-order valence-electron chi connectivity index (χ2n) is 6.31. The molecule has 2 aliphatic heterocycles. The molecule has 0 saturated carbocycles. The van der Waals surface area contributed by atoms with Crippen molar-refractivity contribution < 1.29 is 4.39 Å². The number of hydrogen-bond acceptors (Lipinski definition) is 2. The first-order valence-corrected chi connectivity index (χ1v) is 7.93. The average Bonchev–Trinajstić information content (AvgIpc) is 2.44. The van der Waals surface area contributed by atoms with Gasteiger partial charge in [-0.25, -0.2) is 4.39 Å². The molecule has 1 aromatic rings. The van der Waals surface area contributed by atoms with Crippen molar-refractivity contribution in [3.63, 3.8) is 0 Å². The number of benzene rings is 1. The lowest BCUT2D eigenvalue weighted by molar-refractivity contribution is 0.0270. The zero-order chi connectivity index (χ0) is 13.9. The summed E-state index contributed by atoms with van der Waals surface area (Å²) in [6.07, 6.45) is 7.55. The van der Waals surface area contributed by atoms with Crippen LogP contribution < -0.4 is 5.32 Å². The number of rotatable bonds is 4. The van der Waals surface area contributed by atoms with Crippen LogP contribution in [-0.2, 0) is 6.42 Å². The maximum Gasteiger partial charge on any atom is 0.123 e. The van der Waals surface area contributed by atoms with E-state index in [0.29, 0.717) is 6.04 Å². The molecule has 0 aliphatic carbocycles. The summed E-state index contributed by atoms with van der Waals surface area (Å²) in [5.41, 5.74) is 1.12. The Morgan fingerprint density at radius 3 is 2.65 bits per heavy atom. The molecule has 2 aliphatic rings. The zero-order valence-electron chi connectivity index (χ0n) is 12.3. The molecule has 3 heteroatoms. The minimum Gasteiger partial charge on any atom is -0.317 e. The fourth-order valence-electron chi connectivity index (χ4n) is 4.03. The third-order valence-electron chi connectivity index (χ3n) is 5.08. The van der Waals surface area contributed by atoms with Gasteiger partial charge in [-0.15, -0.1) is 0 Å². The molecule has 0 spiro atoms. The molecule has 0 amide bonds. The molecule has 0 radical (unpaired) electrons. The SMILES string of the molecule is CNC1CC2CCCC(C1)N2CCc1cccc(F)c1. The molecule has 2 fully saturated rings. The molecule has 3 rings (SSSR count). The van der Waals surface area contributed by atoms with Crippen molar-refractivity contribution in [2.75, 3.05) is 13.6 Å². The smallest absolute Gasteiger partial charge is 0.123 e. The highest BCUT2D eigenvalue weighted by Crippen LogP contribution is 2.33. The Morgan fingerprint density at radius 2 is 2.00 bits per heavy atom. The predicted octanol–water partition coefficient (Wildman–Crippen LogP) is 2.97. The standard InChI is InChI=1S/C17H25FN2/c1-19-15-11-16-6-3-7-17(12-15)20(16)9-8-13-4-2-5-14(18)10-13/h2,4-5,10,15-17,19H,3,6-9,11-12H2,1H3. The van der Waals surface area contributed by atoms with Gasteiger partial charge >= 0.3 is 0 Å². The summed E-state index contributed by atoms with van der Waals surface area (Å²) in [5, 5.41) is 3.46. The summed E-state index contributed by atoms with van der Waals surface area (Å²) < 4.78 is 13.2. The normalized spacial score (nSPS) is 30.4. The van der Waals surface area contributed by atoms with E-state index in [1.807, 2.05) is 12.1 Å². The Bertz CT molecular complexity index is 434. The monoisotopic (exact) mass is 276 g/mol. The van der Waals surface area contributed by atoms with E-state index in [4.69, 9.17) is 0 Å². The van der Waals surface area contributed by atoms with E-state index < -0.39 is 0 Å². The van der Waals surface area contributed by atoms with Crippen LogP contribution in [-0.4, -0.2) is 36.6 Å². The van der Waals surface area contributed by atoms with Gasteiger partial charge in [0, 0.05) is 24.7 Å². The van der Waals surface area contributed by atoms with E-state index in [1.54, 1.807) is 6.07 Å². The maximum absolute atomic E-state index is 13.2. The maximum atomic E-state index is 13.2. The number of nitrogens with zero attached hydrogens (tertiary/aromatic N) is 1. The highest BCUT2D eigenvalue weighted by Gasteiger charge is 2.37. The first-order chi connectivity index (χ1) is 9.76. The van der Waals surface area contributed by atoms with Gasteiger partial charge in [0.05, 0.1) is 0 Å². The highest BCUT2D eigenvalue weighted by atomic mass is 19.1. The minimum atomic E-state index is -0.114. The van der Waals surface area contributed by atoms with Gasteiger partial charge in [-0.05, 0) is 56.8 Å². The van der Waals surface area contributed by atoms with E-state index in [9.17, 15) is 4.39 Å². The Labute approximate surface area is 121 Å². The molecule has 1 aromatic carbocycles. The van der Waals surface area contributed by atoms with Crippen molar-refractivity contribution in [3.8, 4) is 0 Å². The molecular weight excluding hydrogens is 251 g/mol. The van der Waals surface area contributed by atoms with Gasteiger partial charge in [-0.3, -0.25) is 4.90 Å². The third-order valence-corrected chi connectivity index (χ3v) is 5.08. The number of halogens is 1. The number of piperidine rings is 2. The van der Waals surface area contributed by atoms with Gasteiger partial charge < -0.3 is 5.32 Å². The molecule has 2 unspecified atom stereocenters. The summed E-state index contributed by atoms with van der Waals surface area (Å²) in [4.78, 5) is 2.70. The van der Waals surface area contributed by atoms with E-state index in [-0.39, 0.29) is 5.82 Å². The summed E-state index contributed by atoms with van der Waals surface area (Å²) in [7, 11) is 2.09. The number of nitrogens with one attached hydrogen (secondary N) is 1. The van der Waals surface area contributed by atoms with Gasteiger partial charge in [-0.2, -0.15) is 0 Å². The van der Waals surface area contributed by atoms with Crippen molar-refractivity contribution in [1.29, 1.82) is 0 Å². The molecular formula is C17H25FN2. The van der Waals surface area contributed by atoms with E-state index in [0.717, 1.165) is 30.6 Å². The second kappa shape index (κ2) is 6.23. The van der Waals surface area contributed by atoms with Crippen LogP contribution >= 0.6 is 0 Å². The van der Waals surface area contributed by atoms with Crippen LogP contribution in [0.4, 0.5) is 4.39 Å². The zero-order valence-corrected chi connectivity index (χ0v) is 12.3. The van der Waals surface area contributed by atoms with Crippen LogP contribution in [0.15, 0.2) is 24.3 Å². The van der Waals surface area contributed by atoms with Crippen molar-refractivity contribution >= 4 is 0 Å². The molecule has 2 saturated heterocycles. The lowest BCUT2D eigenvalue weighted by atomic mass is 9.81. The van der Waals surface area contributed by atoms with Gasteiger partial charge in [0.15, 0.2) is 0 Å². The van der Waals surface area contributed by atoms with Crippen LogP contribution in [0, 0.1) is 5.82 Å². The van der Waals surface area contributed by atoms with E-state index in [2.05, 4.69) is 17.3 Å². The largest absolute Gasteiger partial charge is 0.317 e. The topological polar surface area (TPSA) is 15.3 Å². The fraction of sp³-hybridized carbons (Fsp3) is 0.647. The van der Waals surface area contributed by atoms with Crippen LogP contribution in [0.25, 0.3) is 0 Å². The van der Waals surface area contributed by atoms with Crippen molar-refractivity contribution in [3.05, 3.63) is 35.6 Å². The quantitative estimate of drug-likeness (QED) is 0.909. The lowest BCUT2D eigenvalue weighted by Crippen LogP contribution is -2.56. The molecule has 2 nitrogen and oxygen atoms in total. The number of fused-ring (bicyclic) bond motifs is 2. The van der Waals surface area contributed by atoms with E-state index in [1.165, 1.54) is 38.2 Å². The second-order valence-corrected chi connectivity index (χ2v) is 6.31. The Hall–Kier alpha value is -0.930. The molecule has 2 bridgehead atoms. The third kappa shape index (κ3) is 3.04. The van der Waals surface area contributed by atoms with Crippen LogP contribution in [0.1, 0.15) is 37.7 Å². The highest BCUT2D eigenvalue weighted by molar-refractivity contribution is 5.16. The molecule has 110 valence electrons. The minimum absolute atomic E-state index is 0.114. The van der Waals surface area contributed by atoms with Crippen LogP contribution in [0.3, 0.4) is 0 Å². The molecule has 0 aromatic heterocycles. The Kier molecular flexibility index (Phi) is 4.37. The van der Waals surface area contributed by atoms with Gasteiger partial charge in [0.1, 0.15) is 5.82 Å². The van der Waals surface area contributed by atoms with Crippen LogP contribution in [0.5, 0.6) is 0 Å². The summed E-state index contributed by atoms with van der Waals surface area (Å²) in [5.74, 6) is -0.114. The summed E-state index contributed by atoms with van der Waals surface area (Å²) >= 11 is 0. The van der Waals surface area contributed by atoms with Gasteiger partial charge in [0.25, 0.3) is 0 Å². The Morgan fingerprint density at radius 1 is 1.25 bits per heavy atom. The average molecular weight is 276 g/mol. The van der Waals surface area contributed by atoms with E-state index >= 15 is 0 Å². The molecule has 1 N–H and O–H groups in total. The molecule has 2 heterocycles. The van der Waals surface area contributed by atoms with Gasteiger partial charge in [0.2, 0.25) is 0 Å². The summed E-state index contributed by atoms with van der Waals surface area (Å²) in [6, 6.07) is 9.21. The van der Waals surface area contributed by atoms with Crippen molar-refractivity contribution in [1.82, 2.24) is 10.2 Å². The summed E-state index contributed by atoms with van der Waals surface area (Å²) in [6.45, 7) is 1.08. The first-order valence-electron chi connectivity index (χ1n) is 7.93. The van der Waals surface area contributed by atoms with Crippen molar-refractivity contribution in [2.24, 2.45) is 0 Å². The van der Waals surface area contributed by atoms with Gasteiger partial charge in [-0.1, -0.05) is 18.6 Å². The van der Waals surface area contributed by atoms with Crippen molar-refractivity contribution in [2.45, 2.75) is 56.7 Å². The Balaban J connectivity index is 1.62. The molecule has 20 heavy (non-hydrogen) atoms. The predicted molar refractivity (Wildman–Crippen MR) is 80.3 cm³/mol. The lowest BCUT2D eigenvalue weighted by Gasteiger charge is -2.49. The van der Waals surface area contributed by atoms with Crippen LogP contribution in [0.2, 0.25) is 0 Å². The fourth-order valence-corrected chi connectivity index (χ4v) is 4.03. The first kappa shape index (κ1) is 14.0. The number of hydrogen-bond donors (Lipinski definition) is 1. The molecule has 2 atom stereocenters.